The minimum absolute atomic E-state index is 0.0256. The molecule has 0 spiro atoms. The highest BCUT2D eigenvalue weighted by Gasteiger charge is 2.47. The molecule has 1 aliphatic carbocycles. The van der Waals surface area contributed by atoms with E-state index in [4.69, 9.17) is 23.7 Å². The lowest BCUT2D eigenvalue weighted by Crippen LogP contribution is -2.60. The van der Waals surface area contributed by atoms with Crippen LogP contribution in [-0.4, -0.2) is 113 Å². The first-order chi connectivity index (χ1) is 19.0. The minimum Gasteiger partial charge on any atom is -0.468 e. The van der Waals surface area contributed by atoms with Gasteiger partial charge in [-0.15, -0.1) is 0 Å². The molecule has 228 valence electrons. The molecule has 2 heterocycles. The summed E-state index contributed by atoms with van der Waals surface area (Å²) in [5, 5.41) is 60.1. The van der Waals surface area contributed by atoms with Crippen LogP contribution in [0.2, 0.25) is 0 Å². The third kappa shape index (κ3) is 6.85. The second kappa shape index (κ2) is 14.2. The molecule has 3 aliphatic rings. The van der Waals surface area contributed by atoms with Crippen molar-refractivity contribution >= 4 is 11.9 Å². The fraction of sp³-hybridized carbons (Fsp3) is 0.778. The highest BCUT2D eigenvalue weighted by molar-refractivity contribution is 5.90. The molecule has 1 saturated carbocycles. The molecule has 1 saturated heterocycles. The van der Waals surface area contributed by atoms with E-state index in [-0.39, 0.29) is 48.9 Å². The van der Waals surface area contributed by atoms with Crippen molar-refractivity contribution in [3.8, 4) is 0 Å². The lowest BCUT2D eigenvalue weighted by atomic mass is 9.82. The Labute approximate surface area is 232 Å². The van der Waals surface area contributed by atoms with Crippen LogP contribution in [0.3, 0.4) is 0 Å². The molecular formula is C27H42O13. The van der Waals surface area contributed by atoms with Crippen molar-refractivity contribution in [1.82, 2.24) is 0 Å². The third-order valence-corrected chi connectivity index (χ3v) is 8.26. The molecule has 0 aromatic heterocycles. The number of ether oxygens (including phenoxy) is 5. The number of hydrogen-bond acceptors (Lipinski definition) is 13. The lowest BCUT2D eigenvalue weighted by molar-refractivity contribution is -0.327. The van der Waals surface area contributed by atoms with E-state index in [1.165, 1.54) is 7.11 Å². The first-order valence-electron chi connectivity index (χ1n) is 13.5. The average molecular weight is 575 g/mol. The van der Waals surface area contributed by atoms with Crippen molar-refractivity contribution in [3.05, 3.63) is 23.5 Å². The molecule has 2 aliphatic heterocycles. The molecular weight excluding hydrogens is 532 g/mol. The Hall–Kier alpha value is -2.10. The van der Waals surface area contributed by atoms with Crippen molar-refractivity contribution in [2.45, 2.75) is 76.7 Å². The number of aliphatic hydroxyl groups is 6. The molecule has 6 N–H and O–H groups in total. The van der Waals surface area contributed by atoms with E-state index in [1.807, 2.05) is 13.8 Å². The van der Waals surface area contributed by atoms with Gasteiger partial charge in [-0.25, -0.2) is 4.79 Å². The van der Waals surface area contributed by atoms with Crippen LogP contribution in [0, 0.1) is 29.6 Å². The van der Waals surface area contributed by atoms with Crippen molar-refractivity contribution in [2.24, 2.45) is 29.6 Å². The number of methoxy groups -OCH3 is 1. The van der Waals surface area contributed by atoms with Crippen LogP contribution in [0.1, 0.15) is 33.6 Å². The topological polar surface area (TPSA) is 202 Å². The maximum absolute atomic E-state index is 13.1. The summed E-state index contributed by atoms with van der Waals surface area (Å²) in [7, 11) is 1.18. The zero-order chi connectivity index (χ0) is 29.7. The highest BCUT2D eigenvalue weighted by Crippen LogP contribution is 2.42. The summed E-state index contributed by atoms with van der Waals surface area (Å²) in [5.74, 6) is -2.77. The number of aliphatic hydroxyl groups excluding tert-OH is 6. The molecule has 0 aromatic rings. The van der Waals surface area contributed by atoms with Gasteiger partial charge in [0.1, 0.15) is 24.4 Å². The molecule has 0 aromatic carbocycles. The van der Waals surface area contributed by atoms with Gasteiger partial charge in [0.2, 0.25) is 6.29 Å². The second-order valence-corrected chi connectivity index (χ2v) is 10.8. The van der Waals surface area contributed by atoms with E-state index in [2.05, 4.69) is 0 Å². The monoisotopic (exact) mass is 574 g/mol. The standard InChI is InChI=1S/C27H42O13/c1-5-14-15(7-20(31)37-10-16-12(2)6-18(30)21(16)13(3)8-28)17(25(35)36-4)11-38-26(14)40-27-24(34)23(33)22(32)19(9-29)39-27/h5,11-13,15-16,18-19,21-24,26-30,32-34H,6-10H2,1-4H3/t12-,13+,15-,16+,18-,19+,21?,22+,23-,24+,26-,27-/m0/s1. The van der Waals surface area contributed by atoms with E-state index >= 15 is 0 Å². The van der Waals surface area contributed by atoms with Crippen LogP contribution in [0.15, 0.2) is 23.5 Å². The Bertz CT molecular complexity index is 929. The van der Waals surface area contributed by atoms with Gasteiger partial charge in [-0.3, -0.25) is 4.79 Å². The molecule has 2 fully saturated rings. The number of carbonyl (C=O) groups excluding carboxylic acids is 2. The Morgan fingerprint density at radius 2 is 1.85 bits per heavy atom. The van der Waals surface area contributed by atoms with E-state index in [0.717, 1.165) is 6.26 Å². The molecule has 3 rings (SSSR count). The van der Waals surface area contributed by atoms with Gasteiger partial charge in [-0.1, -0.05) is 19.9 Å². The first kappa shape index (κ1) is 32.4. The van der Waals surface area contributed by atoms with Crippen molar-refractivity contribution in [2.75, 3.05) is 26.9 Å². The zero-order valence-corrected chi connectivity index (χ0v) is 23.2. The molecule has 13 heteroatoms. The molecule has 12 atom stereocenters. The molecule has 0 bridgehead atoms. The Balaban J connectivity index is 1.75. The summed E-state index contributed by atoms with van der Waals surface area (Å²) in [6, 6.07) is 0. The fourth-order valence-corrected chi connectivity index (χ4v) is 5.92. The largest absolute Gasteiger partial charge is 0.468 e. The summed E-state index contributed by atoms with van der Waals surface area (Å²) >= 11 is 0. The van der Waals surface area contributed by atoms with E-state index in [1.54, 1.807) is 13.0 Å². The van der Waals surface area contributed by atoms with Gasteiger partial charge < -0.3 is 54.3 Å². The van der Waals surface area contributed by atoms with Crippen molar-refractivity contribution in [3.63, 3.8) is 0 Å². The van der Waals surface area contributed by atoms with E-state index in [9.17, 15) is 40.2 Å². The van der Waals surface area contributed by atoms with Crippen LogP contribution < -0.4 is 0 Å². The van der Waals surface area contributed by atoms with Gasteiger partial charge in [0.05, 0.1) is 44.7 Å². The van der Waals surface area contributed by atoms with E-state index in [0.29, 0.717) is 12.0 Å². The minimum atomic E-state index is -1.69. The first-order valence-corrected chi connectivity index (χ1v) is 13.5. The van der Waals surface area contributed by atoms with Crippen LogP contribution in [-0.2, 0) is 33.3 Å². The quantitative estimate of drug-likeness (QED) is 0.137. The lowest BCUT2D eigenvalue weighted by Gasteiger charge is -2.41. The predicted molar refractivity (Wildman–Crippen MR) is 136 cm³/mol. The van der Waals surface area contributed by atoms with Crippen LogP contribution in [0.5, 0.6) is 0 Å². The maximum Gasteiger partial charge on any atom is 0.337 e. The normalized spacial score (nSPS) is 39.8. The Morgan fingerprint density at radius 3 is 2.45 bits per heavy atom. The Kier molecular flexibility index (Phi) is 11.5. The van der Waals surface area contributed by atoms with Gasteiger partial charge in [-0.2, -0.15) is 0 Å². The Morgan fingerprint density at radius 1 is 1.15 bits per heavy atom. The maximum atomic E-state index is 13.1. The summed E-state index contributed by atoms with van der Waals surface area (Å²) in [5.41, 5.74) is 0.339. The number of hydrogen-bond donors (Lipinski definition) is 6. The van der Waals surface area contributed by atoms with Crippen LogP contribution in [0.4, 0.5) is 0 Å². The van der Waals surface area contributed by atoms with Gasteiger partial charge >= 0.3 is 11.9 Å². The highest BCUT2D eigenvalue weighted by atomic mass is 16.8. The van der Waals surface area contributed by atoms with Gasteiger partial charge in [0.25, 0.3) is 0 Å². The van der Waals surface area contributed by atoms with Crippen molar-refractivity contribution in [1.29, 1.82) is 0 Å². The summed E-state index contributed by atoms with van der Waals surface area (Å²) in [6.07, 6.45) is -6.64. The van der Waals surface area contributed by atoms with E-state index < -0.39 is 67.6 Å². The average Bonchev–Trinajstić information content (AvgIpc) is 3.23. The molecule has 0 radical (unpaired) electrons. The SMILES string of the molecule is CC=C1[C@H](O[C@@H]2O[C@H](CO)[C@@H](O)[C@H](O)[C@H]2O)OC=C(C(=O)OC)[C@H]1CC(=O)OC[C@H]1C([C@H](C)CO)[C@@H](O)C[C@@H]1C. The van der Waals surface area contributed by atoms with Crippen LogP contribution >= 0.6 is 0 Å². The van der Waals surface area contributed by atoms with Crippen LogP contribution in [0.25, 0.3) is 0 Å². The predicted octanol–water partition coefficient (Wildman–Crippen LogP) is -1.03. The smallest absolute Gasteiger partial charge is 0.337 e. The second-order valence-electron chi connectivity index (χ2n) is 10.8. The summed E-state index contributed by atoms with van der Waals surface area (Å²) in [6.45, 7) is 4.70. The summed E-state index contributed by atoms with van der Waals surface area (Å²) < 4.78 is 27.2. The number of carbonyl (C=O) groups is 2. The number of rotatable bonds is 10. The fourth-order valence-electron chi connectivity index (χ4n) is 5.92. The molecule has 0 amide bonds. The molecule has 13 nitrogen and oxygen atoms in total. The van der Waals surface area contributed by atoms with Crippen molar-refractivity contribution < 1.29 is 63.9 Å². The number of esters is 2. The zero-order valence-electron chi connectivity index (χ0n) is 23.2. The number of allylic oxidation sites excluding steroid dienone is 1. The molecule has 40 heavy (non-hydrogen) atoms. The van der Waals surface area contributed by atoms with Gasteiger partial charge in [0.15, 0.2) is 6.29 Å². The molecule has 1 unspecified atom stereocenters. The van der Waals surface area contributed by atoms with Gasteiger partial charge in [0, 0.05) is 24.0 Å². The summed E-state index contributed by atoms with van der Waals surface area (Å²) in [4.78, 5) is 25.6. The van der Waals surface area contributed by atoms with Gasteiger partial charge in [-0.05, 0) is 31.1 Å². The third-order valence-electron chi connectivity index (χ3n) is 8.26.